The summed E-state index contributed by atoms with van der Waals surface area (Å²) in [5.41, 5.74) is 0.119. The number of aromatic nitrogens is 3. The molecule has 1 aliphatic rings. The Morgan fingerprint density at radius 3 is 2.22 bits per heavy atom. The van der Waals surface area contributed by atoms with Gasteiger partial charge in [-0.15, -0.1) is 0 Å². The van der Waals surface area contributed by atoms with Crippen LogP contribution in [0.3, 0.4) is 0 Å². The van der Waals surface area contributed by atoms with Crippen LogP contribution in [0.5, 0.6) is 0 Å². The number of rotatable bonds is 3. The SMILES string of the molecule is CC(C)(C)OC(=O)/C=C/c1nccc2c(N3CCN(C(=O)OC(C)(C)C)CC3)ncnc12. The van der Waals surface area contributed by atoms with Gasteiger partial charge in [0.1, 0.15) is 28.9 Å². The molecule has 0 aliphatic carbocycles. The minimum absolute atomic E-state index is 0.302. The van der Waals surface area contributed by atoms with Crippen molar-refractivity contribution >= 4 is 34.9 Å². The number of piperazine rings is 1. The second-order valence-corrected chi connectivity index (χ2v) is 9.61. The summed E-state index contributed by atoms with van der Waals surface area (Å²) in [6.07, 6.45) is 5.82. The Balaban J connectivity index is 1.76. The van der Waals surface area contributed by atoms with Gasteiger partial charge in [0.25, 0.3) is 0 Å². The zero-order chi connectivity index (χ0) is 23.5. The lowest BCUT2D eigenvalue weighted by Crippen LogP contribution is -2.50. The van der Waals surface area contributed by atoms with Crippen molar-refractivity contribution in [3.8, 4) is 0 Å². The molecule has 9 nitrogen and oxygen atoms in total. The standard InChI is InChI=1S/C23H31N5O4/c1-22(2,3)31-18(29)8-7-17-19-16(9-10-24-17)20(26-15-25-19)27-11-13-28(14-12-27)21(30)32-23(4,5)6/h7-10,15H,11-14H2,1-6H3/b8-7+. The topological polar surface area (TPSA) is 97.8 Å². The van der Waals surface area contributed by atoms with E-state index < -0.39 is 17.2 Å². The Hall–Kier alpha value is -3.23. The summed E-state index contributed by atoms with van der Waals surface area (Å²) < 4.78 is 10.8. The molecule has 3 rings (SSSR count). The third kappa shape index (κ3) is 6.15. The number of fused-ring (bicyclic) bond motifs is 1. The van der Waals surface area contributed by atoms with E-state index in [-0.39, 0.29) is 6.09 Å². The predicted octanol–water partition coefficient (Wildman–Crippen LogP) is 3.44. The number of carbonyl (C=O) groups excluding carboxylic acids is 2. The molecule has 0 spiro atoms. The summed E-state index contributed by atoms with van der Waals surface area (Å²) in [6, 6.07) is 1.86. The van der Waals surface area contributed by atoms with Crippen LogP contribution < -0.4 is 4.90 Å². The molecule has 1 fully saturated rings. The highest BCUT2D eigenvalue weighted by Crippen LogP contribution is 2.26. The second kappa shape index (κ2) is 9.10. The number of hydrogen-bond donors (Lipinski definition) is 0. The van der Waals surface area contributed by atoms with Crippen molar-refractivity contribution in [2.24, 2.45) is 0 Å². The molecule has 32 heavy (non-hydrogen) atoms. The van der Waals surface area contributed by atoms with E-state index in [4.69, 9.17) is 9.47 Å². The zero-order valence-electron chi connectivity index (χ0n) is 19.6. The number of nitrogens with zero attached hydrogens (tertiary/aromatic N) is 5. The smallest absolute Gasteiger partial charge is 0.410 e. The summed E-state index contributed by atoms with van der Waals surface area (Å²) in [5, 5.41) is 0.831. The predicted molar refractivity (Wildman–Crippen MR) is 122 cm³/mol. The summed E-state index contributed by atoms with van der Waals surface area (Å²) >= 11 is 0. The van der Waals surface area contributed by atoms with E-state index in [9.17, 15) is 9.59 Å². The molecule has 1 saturated heterocycles. The molecule has 2 aromatic rings. The van der Waals surface area contributed by atoms with Gasteiger partial charge in [0.15, 0.2) is 0 Å². The third-order valence-electron chi connectivity index (χ3n) is 4.58. The fourth-order valence-corrected chi connectivity index (χ4v) is 3.28. The number of esters is 1. The first kappa shape index (κ1) is 23.4. The molecule has 9 heteroatoms. The minimum atomic E-state index is -0.565. The molecule has 1 amide bonds. The van der Waals surface area contributed by atoms with Crippen LogP contribution in [0.1, 0.15) is 47.2 Å². The van der Waals surface area contributed by atoms with Gasteiger partial charge in [0, 0.05) is 43.8 Å². The number of pyridine rings is 1. The van der Waals surface area contributed by atoms with Gasteiger partial charge in [-0.3, -0.25) is 4.98 Å². The Morgan fingerprint density at radius 1 is 0.938 bits per heavy atom. The summed E-state index contributed by atoms with van der Waals surface area (Å²) in [4.78, 5) is 41.4. The highest BCUT2D eigenvalue weighted by Gasteiger charge is 2.27. The van der Waals surface area contributed by atoms with Gasteiger partial charge in [-0.25, -0.2) is 19.6 Å². The molecule has 0 unspecified atom stereocenters. The maximum atomic E-state index is 12.3. The molecule has 2 aromatic heterocycles. The van der Waals surface area contributed by atoms with E-state index in [1.807, 2.05) is 47.6 Å². The number of hydrogen-bond acceptors (Lipinski definition) is 8. The molecule has 0 bridgehead atoms. The van der Waals surface area contributed by atoms with Crippen molar-refractivity contribution in [1.29, 1.82) is 0 Å². The lowest BCUT2D eigenvalue weighted by molar-refractivity contribution is -0.148. The van der Waals surface area contributed by atoms with E-state index in [1.165, 1.54) is 12.4 Å². The maximum Gasteiger partial charge on any atom is 0.410 e. The first-order chi connectivity index (χ1) is 14.9. The van der Waals surface area contributed by atoms with Crippen molar-refractivity contribution in [1.82, 2.24) is 19.9 Å². The van der Waals surface area contributed by atoms with Crippen molar-refractivity contribution in [2.45, 2.75) is 52.7 Å². The molecule has 0 saturated carbocycles. The van der Waals surface area contributed by atoms with E-state index in [2.05, 4.69) is 19.9 Å². The van der Waals surface area contributed by atoms with Crippen LogP contribution in [0.25, 0.3) is 17.0 Å². The summed E-state index contributed by atoms with van der Waals surface area (Å²) in [7, 11) is 0. The first-order valence-electron chi connectivity index (χ1n) is 10.7. The first-order valence-corrected chi connectivity index (χ1v) is 10.7. The van der Waals surface area contributed by atoms with Gasteiger partial charge >= 0.3 is 12.1 Å². The van der Waals surface area contributed by atoms with Crippen molar-refractivity contribution in [3.05, 3.63) is 30.4 Å². The van der Waals surface area contributed by atoms with E-state index in [0.29, 0.717) is 37.4 Å². The Kier molecular flexibility index (Phi) is 6.66. The normalized spacial score (nSPS) is 15.3. The summed E-state index contributed by atoms with van der Waals surface area (Å²) in [6.45, 7) is 13.3. The Morgan fingerprint density at radius 2 is 1.59 bits per heavy atom. The molecule has 0 N–H and O–H groups in total. The van der Waals surface area contributed by atoms with Gasteiger partial charge in [-0.1, -0.05) is 0 Å². The molecule has 0 atom stereocenters. The van der Waals surface area contributed by atoms with Gasteiger partial charge in [0.05, 0.1) is 5.69 Å². The average molecular weight is 442 g/mol. The molecule has 1 aliphatic heterocycles. The summed E-state index contributed by atoms with van der Waals surface area (Å²) in [5.74, 6) is 0.331. The van der Waals surface area contributed by atoms with Crippen LogP contribution in [-0.4, -0.2) is 69.3 Å². The highest BCUT2D eigenvalue weighted by molar-refractivity contribution is 5.96. The van der Waals surface area contributed by atoms with Crippen LogP contribution >= 0.6 is 0 Å². The van der Waals surface area contributed by atoms with E-state index >= 15 is 0 Å². The van der Waals surface area contributed by atoms with Crippen LogP contribution in [0.15, 0.2) is 24.7 Å². The molecular formula is C23H31N5O4. The molecule has 172 valence electrons. The molecule has 0 aromatic carbocycles. The second-order valence-electron chi connectivity index (χ2n) is 9.61. The third-order valence-corrected chi connectivity index (χ3v) is 4.58. The van der Waals surface area contributed by atoms with E-state index in [0.717, 1.165) is 11.2 Å². The van der Waals surface area contributed by atoms with Crippen molar-refractivity contribution in [3.63, 3.8) is 0 Å². The monoisotopic (exact) mass is 441 g/mol. The number of anilines is 1. The van der Waals surface area contributed by atoms with Crippen LogP contribution in [-0.2, 0) is 14.3 Å². The minimum Gasteiger partial charge on any atom is -0.457 e. The van der Waals surface area contributed by atoms with Gasteiger partial charge in [-0.05, 0) is 53.7 Å². The van der Waals surface area contributed by atoms with Gasteiger partial charge in [-0.2, -0.15) is 0 Å². The number of amides is 1. The number of carbonyl (C=O) groups is 2. The Bertz CT molecular complexity index is 1020. The molecule has 3 heterocycles. The fraction of sp³-hybridized carbons (Fsp3) is 0.522. The van der Waals surface area contributed by atoms with Crippen LogP contribution in [0.2, 0.25) is 0 Å². The zero-order valence-corrected chi connectivity index (χ0v) is 19.6. The van der Waals surface area contributed by atoms with Gasteiger partial charge < -0.3 is 19.3 Å². The van der Waals surface area contributed by atoms with Gasteiger partial charge in [0.2, 0.25) is 0 Å². The number of ether oxygens (including phenoxy) is 2. The lowest BCUT2D eigenvalue weighted by atomic mass is 10.2. The van der Waals surface area contributed by atoms with Crippen LogP contribution in [0.4, 0.5) is 10.6 Å². The van der Waals surface area contributed by atoms with Crippen molar-refractivity contribution in [2.75, 3.05) is 31.1 Å². The van der Waals surface area contributed by atoms with Crippen molar-refractivity contribution < 1.29 is 19.1 Å². The maximum absolute atomic E-state index is 12.3. The van der Waals surface area contributed by atoms with Crippen LogP contribution in [0, 0.1) is 0 Å². The lowest BCUT2D eigenvalue weighted by Gasteiger charge is -2.36. The Labute approximate surface area is 188 Å². The quantitative estimate of drug-likeness (QED) is 0.528. The fourth-order valence-electron chi connectivity index (χ4n) is 3.28. The highest BCUT2D eigenvalue weighted by atomic mass is 16.6. The van der Waals surface area contributed by atoms with E-state index in [1.54, 1.807) is 17.2 Å². The average Bonchev–Trinajstić information content (AvgIpc) is 2.69. The largest absolute Gasteiger partial charge is 0.457 e. The molecule has 0 radical (unpaired) electrons. The molecular weight excluding hydrogens is 410 g/mol.